The SMILES string of the molecule is CP(=O)(O)Cc1ccc(-c2cnc3nnn(C(Cl)c4ccc5ncccc5c4)c3n2)cc1. The van der Waals surface area contributed by atoms with Crippen LogP contribution in [0.25, 0.3) is 33.5 Å². The van der Waals surface area contributed by atoms with Gasteiger partial charge in [-0.3, -0.25) is 9.55 Å². The molecule has 3 aromatic heterocycles. The third-order valence-electron chi connectivity index (χ3n) is 5.03. The predicted molar refractivity (Wildman–Crippen MR) is 124 cm³/mol. The summed E-state index contributed by atoms with van der Waals surface area (Å²) in [5, 5.41) is 9.25. The van der Waals surface area contributed by atoms with E-state index in [1.807, 2.05) is 54.6 Å². The maximum absolute atomic E-state index is 11.6. The maximum Gasteiger partial charge on any atom is 0.221 e. The zero-order valence-electron chi connectivity index (χ0n) is 17.0. The minimum absolute atomic E-state index is 0.129. The summed E-state index contributed by atoms with van der Waals surface area (Å²) >= 11 is 6.76. The minimum Gasteiger partial charge on any atom is -0.344 e. The largest absolute Gasteiger partial charge is 0.344 e. The van der Waals surface area contributed by atoms with Crippen molar-refractivity contribution in [2.45, 2.75) is 11.7 Å². The number of hydrogen-bond donors (Lipinski definition) is 1. The number of halogens is 1. The Hall–Kier alpha value is -3.19. The molecule has 0 spiro atoms. The number of alkyl halides is 1. The van der Waals surface area contributed by atoms with Crippen molar-refractivity contribution in [3.05, 3.63) is 78.1 Å². The van der Waals surface area contributed by atoms with E-state index in [1.54, 1.807) is 17.1 Å². The van der Waals surface area contributed by atoms with Gasteiger partial charge in [0.1, 0.15) is 0 Å². The van der Waals surface area contributed by atoms with Crippen molar-refractivity contribution in [2.24, 2.45) is 0 Å². The summed E-state index contributed by atoms with van der Waals surface area (Å²) in [6.45, 7) is 1.35. The highest BCUT2D eigenvalue weighted by Crippen LogP contribution is 2.39. The first kappa shape index (κ1) is 20.7. The number of nitrogens with zero attached hydrogens (tertiary/aromatic N) is 6. The zero-order chi connectivity index (χ0) is 22.3. The molecule has 32 heavy (non-hydrogen) atoms. The lowest BCUT2D eigenvalue weighted by molar-refractivity contribution is 0.484. The minimum atomic E-state index is -3.13. The topological polar surface area (TPSA) is 107 Å². The van der Waals surface area contributed by atoms with Gasteiger partial charge in [0.2, 0.25) is 13.0 Å². The van der Waals surface area contributed by atoms with Gasteiger partial charge in [0.15, 0.2) is 11.1 Å². The van der Waals surface area contributed by atoms with Gasteiger partial charge in [0, 0.05) is 30.0 Å². The van der Waals surface area contributed by atoms with Crippen molar-refractivity contribution < 1.29 is 9.46 Å². The summed E-state index contributed by atoms with van der Waals surface area (Å²) in [5.74, 6) is 0. The third kappa shape index (κ3) is 4.12. The van der Waals surface area contributed by atoms with Crippen molar-refractivity contribution in [3.63, 3.8) is 0 Å². The van der Waals surface area contributed by atoms with Gasteiger partial charge >= 0.3 is 0 Å². The van der Waals surface area contributed by atoms with Crippen LogP contribution in [0.3, 0.4) is 0 Å². The quantitative estimate of drug-likeness (QED) is 0.298. The molecule has 0 aliphatic carbocycles. The second-order valence-electron chi connectivity index (χ2n) is 7.63. The molecule has 2 unspecified atom stereocenters. The molecular weight excluding hydrogens is 447 g/mol. The second kappa shape index (κ2) is 8.06. The lowest BCUT2D eigenvalue weighted by Crippen LogP contribution is -2.07. The Morgan fingerprint density at radius 1 is 1.12 bits per heavy atom. The summed E-state index contributed by atoms with van der Waals surface area (Å²) < 4.78 is 13.2. The Bertz CT molecular complexity index is 1480. The number of rotatable bonds is 5. The fourth-order valence-electron chi connectivity index (χ4n) is 3.53. The number of pyridine rings is 1. The second-order valence-corrected chi connectivity index (χ2v) is 10.5. The molecular formula is C22H18ClN6O2P. The lowest BCUT2D eigenvalue weighted by Gasteiger charge is -2.11. The van der Waals surface area contributed by atoms with Crippen LogP contribution in [0.1, 0.15) is 16.6 Å². The van der Waals surface area contributed by atoms with Gasteiger partial charge in [0.25, 0.3) is 0 Å². The first-order valence-electron chi connectivity index (χ1n) is 9.83. The molecule has 1 N–H and O–H groups in total. The van der Waals surface area contributed by atoms with Gasteiger partial charge in [0.05, 0.1) is 17.4 Å². The average Bonchev–Trinajstić information content (AvgIpc) is 3.21. The Kier molecular flexibility index (Phi) is 5.21. The molecule has 0 saturated carbocycles. The van der Waals surface area contributed by atoms with E-state index in [0.717, 1.165) is 27.6 Å². The third-order valence-corrected chi connectivity index (χ3v) is 6.42. The molecule has 0 bridgehead atoms. The van der Waals surface area contributed by atoms with E-state index >= 15 is 0 Å². The normalized spacial score (nSPS) is 14.5. The molecule has 2 aromatic carbocycles. The monoisotopic (exact) mass is 464 g/mol. The van der Waals surface area contributed by atoms with Crippen LogP contribution in [0.2, 0.25) is 0 Å². The molecule has 0 amide bonds. The molecule has 2 atom stereocenters. The van der Waals surface area contributed by atoms with Crippen LogP contribution in [0, 0.1) is 0 Å². The summed E-state index contributed by atoms with van der Waals surface area (Å²) in [6, 6.07) is 17.0. The standard InChI is InChI=1S/C22H18ClN6O2P/c1-32(30,31)13-14-4-6-15(7-5-14)19-12-25-21-22(26-19)29(28-27-21)20(23)17-8-9-18-16(11-17)3-2-10-24-18/h2-12,20H,13H2,1H3,(H,30,31). The summed E-state index contributed by atoms with van der Waals surface area (Å²) in [4.78, 5) is 23.0. The van der Waals surface area contributed by atoms with E-state index in [-0.39, 0.29) is 6.16 Å². The number of benzene rings is 2. The molecule has 0 radical (unpaired) electrons. The van der Waals surface area contributed by atoms with Crippen LogP contribution in [-0.4, -0.2) is 41.5 Å². The average molecular weight is 465 g/mol. The Balaban J connectivity index is 1.50. The molecule has 0 aliphatic heterocycles. The summed E-state index contributed by atoms with van der Waals surface area (Å²) in [5.41, 5.74) is 4.19. The van der Waals surface area contributed by atoms with E-state index in [2.05, 4.69) is 20.3 Å². The van der Waals surface area contributed by atoms with Gasteiger partial charge < -0.3 is 4.89 Å². The fourth-order valence-corrected chi connectivity index (χ4v) is 4.68. The fraction of sp³-hybridized carbons (Fsp3) is 0.136. The van der Waals surface area contributed by atoms with Gasteiger partial charge in [-0.1, -0.05) is 53.2 Å². The Labute approximate surface area is 188 Å². The molecule has 0 aliphatic rings. The first-order chi connectivity index (χ1) is 15.4. The molecule has 5 aromatic rings. The van der Waals surface area contributed by atoms with Gasteiger partial charge in [-0.15, -0.1) is 5.10 Å². The highest BCUT2D eigenvalue weighted by atomic mass is 35.5. The van der Waals surface area contributed by atoms with Gasteiger partial charge in [-0.2, -0.15) is 0 Å². The molecule has 3 heterocycles. The van der Waals surface area contributed by atoms with Crippen molar-refractivity contribution in [1.82, 2.24) is 29.9 Å². The van der Waals surface area contributed by atoms with Gasteiger partial charge in [-0.25, -0.2) is 14.6 Å². The lowest BCUT2D eigenvalue weighted by atomic mass is 10.1. The Morgan fingerprint density at radius 2 is 1.94 bits per heavy atom. The summed E-state index contributed by atoms with van der Waals surface area (Å²) in [6.07, 6.45) is 3.50. The van der Waals surface area contributed by atoms with E-state index in [4.69, 9.17) is 16.6 Å². The Morgan fingerprint density at radius 3 is 2.72 bits per heavy atom. The molecule has 10 heteroatoms. The molecule has 160 valence electrons. The van der Waals surface area contributed by atoms with Crippen LogP contribution >= 0.6 is 19.0 Å². The van der Waals surface area contributed by atoms with Crippen LogP contribution in [0.5, 0.6) is 0 Å². The summed E-state index contributed by atoms with van der Waals surface area (Å²) in [7, 11) is -3.13. The maximum atomic E-state index is 11.6. The molecule has 5 rings (SSSR count). The number of hydrogen-bond acceptors (Lipinski definition) is 6. The van der Waals surface area contributed by atoms with Crippen LogP contribution in [-0.2, 0) is 10.7 Å². The van der Waals surface area contributed by atoms with E-state index < -0.39 is 12.9 Å². The van der Waals surface area contributed by atoms with Crippen molar-refractivity contribution >= 4 is 41.2 Å². The first-order valence-corrected chi connectivity index (χ1v) is 12.6. The number of fused-ring (bicyclic) bond motifs is 2. The highest BCUT2D eigenvalue weighted by molar-refractivity contribution is 7.56. The van der Waals surface area contributed by atoms with Crippen LogP contribution in [0.15, 0.2) is 67.0 Å². The zero-order valence-corrected chi connectivity index (χ0v) is 18.6. The van der Waals surface area contributed by atoms with Crippen molar-refractivity contribution in [2.75, 3.05) is 6.66 Å². The molecule has 0 saturated heterocycles. The van der Waals surface area contributed by atoms with E-state index in [9.17, 15) is 9.46 Å². The van der Waals surface area contributed by atoms with Crippen LogP contribution in [0.4, 0.5) is 0 Å². The smallest absolute Gasteiger partial charge is 0.221 e. The van der Waals surface area contributed by atoms with E-state index in [1.165, 1.54) is 6.66 Å². The highest BCUT2D eigenvalue weighted by Gasteiger charge is 2.18. The molecule has 8 nitrogen and oxygen atoms in total. The van der Waals surface area contributed by atoms with Crippen molar-refractivity contribution in [1.29, 1.82) is 0 Å². The van der Waals surface area contributed by atoms with Crippen LogP contribution < -0.4 is 0 Å². The number of aromatic nitrogens is 6. The molecule has 0 fully saturated rings. The van der Waals surface area contributed by atoms with Crippen molar-refractivity contribution in [3.8, 4) is 11.3 Å². The van der Waals surface area contributed by atoms with E-state index in [0.29, 0.717) is 17.0 Å². The van der Waals surface area contributed by atoms with Gasteiger partial charge in [-0.05, 0) is 29.3 Å². The predicted octanol–water partition coefficient (Wildman–Crippen LogP) is 4.62.